The Kier molecular flexibility index (Phi) is 3.82. The van der Waals surface area contributed by atoms with Crippen LogP contribution in [-0.2, 0) is 16.0 Å². The van der Waals surface area contributed by atoms with Gasteiger partial charge in [-0.3, -0.25) is 9.59 Å². The van der Waals surface area contributed by atoms with Gasteiger partial charge in [-0.1, -0.05) is 13.0 Å². The van der Waals surface area contributed by atoms with Gasteiger partial charge in [0.15, 0.2) is 6.61 Å². The Bertz CT molecular complexity index is 583. The molecule has 1 aromatic carbocycles. The van der Waals surface area contributed by atoms with Crippen LogP contribution in [0.2, 0.25) is 0 Å². The van der Waals surface area contributed by atoms with Crippen LogP contribution >= 0.6 is 0 Å². The maximum absolute atomic E-state index is 11.6. The Morgan fingerprint density at radius 1 is 1.48 bits per heavy atom. The van der Waals surface area contributed by atoms with Crippen molar-refractivity contribution in [1.29, 1.82) is 0 Å². The van der Waals surface area contributed by atoms with Crippen molar-refractivity contribution in [3.63, 3.8) is 0 Å². The molecule has 1 aromatic rings. The molecular weight excluding hydrogens is 268 g/mol. The number of hydrogen-bond donors (Lipinski definition) is 2. The molecule has 0 radical (unpaired) electrons. The first-order valence-electron chi connectivity index (χ1n) is 7.54. The second-order valence-electron chi connectivity index (χ2n) is 5.58. The molecule has 2 N–H and O–H groups in total. The summed E-state index contributed by atoms with van der Waals surface area (Å²) in [6.45, 7) is 2.61. The summed E-state index contributed by atoms with van der Waals surface area (Å²) in [6.07, 6.45) is 3.49. The SMILES string of the molecule is CCC(=O)NCCC1CCc2ccc3c(c21)NC(=O)CO3. The lowest BCUT2D eigenvalue weighted by atomic mass is 9.95. The van der Waals surface area contributed by atoms with E-state index in [1.165, 1.54) is 11.1 Å². The summed E-state index contributed by atoms with van der Waals surface area (Å²) in [7, 11) is 0. The van der Waals surface area contributed by atoms with Crippen molar-refractivity contribution >= 4 is 17.5 Å². The van der Waals surface area contributed by atoms with Crippen LogP contribution in [0.3, 0.4) is 0 Å². The molecule has 1 aliphatic carbocycles. The number of carbonyl (C=O) groups excluding carboxylic acids is 2. The highest BCUT2D eigenvalue weighted by molar-refractivity contribution is 5.96. The van der Waals surface area contributed by atoms with Crippen molar-refractivity contribution in [2.75, 3.05) is 18.5 Å². The predicted octanol–water partition coefficient (Wildman–Crippen LogP) is 1.96. The third-order valence-corrected chi connectivity index (χ3v) is 4.23. The minimum Gasteiger partial charge on any atom is -0.482 e. The van der Waals surface area contributed by atoms with E-state index in [1.807, 2.05) is 13.0 Å². The summed E-state index contributed by atoms with van der Waals surface area (Å²) >= 11 is 0. The van der Waals surface area contributed by atoms with Gasteiger partial charge in [-0.15, -0.1) is 0 Å². The minimum atomic E-state index is -0.0964. The molecule has 0 aromatic heterocycles. The van der Waals surface area contributed by atoms with Crippen LogP contribution in [-0.4, -0.2) is 25.0 Å². The van der Waals surface area contributed by atoms with Crippen LogP contribution in [0.4, 0.5) is 5.69 Å². The van der Waals surface area contributed by atoms with E-state index in [4.69, 9.17) is 4.74 Å². The second kappa shape index (κ2) is 5.76. The fourth-order valence-electron chi connectivity index (χ4n) is 3.17. The van der Waals surface area contributed by atoms with Gasteiger partial charge in [0.1, 0.15) is 5.75 Å². The Balaban J connectivity index is 1.77. The first-order chi connectivity index (χ1) is 10.2. The molecule has 2 amide bonds. The number of aryl methyl sites for hydroxylation is 1. The Labute approximate surface area is 124 Å². The quantitative estimate of drug-likeness (QED) is 0.890. The molecule has 0 bridgehead atoms. The van der Waals surface area contributed by atoms with E-state index in [9.17, 15) is 9.59 Å². The minimum absolute atomic E-state index is 0.0833. The Hall–Kier alpha value is -2.04. The third-order valence-electron chi connectivity index (χ3n) is 4.23. The van der Waals surface area contributed by atoms with E-state index < -0.39 is 0 Å². The number of nitrogens with one attached hydrogen (secondary N) is 2. The average molecular weight is 288 g/mol. The lowest BCUT2D eigenvalue weighted by molar-refractivity contribution is -0.121. The first-order valence-corrected chi connectivity index (χ1v) is 7.54. The molecular formula is C16H20N2O3. The van der Waals surface area contributed by atoms with E-state index in [1.54, 1.807) is 0 Å². The number of benzene rings is 1. The second-order valence-corrected chi connectivity index (χ2v) is 5.58. The summed E-state index contributed by atoms with van der Waals surface area (Å²) in [5.41, 5.74) is 3.32. The molecule has 0 spiro atoms. The molecule has 1 aliphatic heterocycles. The molecule has 5 nitrogen and oxygen atoms in total. The predicted molar refractivity (Wildman–Crippen MR) is 79.5 cm³/mol. The van der Waals surface area contributed by atoms with Crippen molar-refractivity contribution in [2.45, 2.75) is 38.5 Å². The number of ether oxygens (including phenoxy) is 1. The Morgan fingerprint density at radius 3 is 3.14 bits per heavy atom. The monoisotopic (exact) mass is 288 g/mol. The van der Waals surface area contributed by atoms with Gasteiger partial charge < -0.3 is 15.4 Å². The largest absolute Gasteiger partial charge is 0.482 e. The van der Waals surface area contributed by atoms with Crippen molar-refractivity contribution in [1.82, 2.24) is 5.32 Å². The lowest BCUT2D eigenvalue weighted by Gasteiger charge is -2.23. The number of anilines is 1. The van der Waals surface area contributed by atoms with Crippen LogP contribution in [0, 0.1) is 0 Å². The van der Waals surface area contributed by atoms with Crippen molar-refractivity contribution in [2.24, 2.45) is 0 Å². The van der Waals surface area contributed by atoms with Crippen molar-refractivity contribution in [3.05, 3.63) is 23.3 Å². The normalized spacial score (nSPS) is 19.3. The Morgan fingerprint density at radius 2 is 2.33 bits per heavy atom. The highest BCUT2D eigenvalue weighted by Gasteiger charge is 2.30. The molecule has 1 heterocycles. The fourth-order valence-corrected chi connectivity index (χ4v) is 3.17. The molecule has 3 rings (SSSR count). The lowest BCUT2D eigenvalue weighted by Crippen LogP contribution is -2.27. The van der Waals surface area contributed by atoms with Gasteiger partial charge in [0.25, 0.3) is 5.91 Å². The molecule has 21 heavy (non-hydrogen) atoms. The molecule has 0 saturated carbocycles. The summed E-state index contributed by atoms with van der Waals surface area (Å²) < 4.78 is 5.49. The number of amides is 2. The molecule has 0 saturated heterocycles. The van der Waals surface area contributed by atoms with Crippen LogP contribution in [0.15, 0.2) is 12.1 Å². The molecule has 1 unspecified atom stereocenters. The summed E-state index contributed by atoms with van der Waals surface area (Å²) in [4.78, 5) is 22.9. The third kappa shape index (κ3) is 2.73. The summed E-state index contributed by atoms with van der Waals surface area (Å²) in [6, 6.07) is 4.03. The molecule has 0 fully saturated rings. The average Bonchev–Trinajstić information content (AvgIpc) is 2.90. The van der Waals surface area contributed by atoms with Crippen molar-refractivity contribution < 1.29 is 14.3 Å². The standard InChI is InChI=1S/C16H20N2O3/c1-2-13(19)17-8-7-11-4-3-10-5-6-12-16(15(10)11)18-14(20)9-21-12/h5-6,11H,2-4,7-9H2,1H3,(H,17,19)(H,18,20). The molecule has 2 aliphatic rings. The first kappa shape index (κ1) is 13.9. The zero-order valence-corrected chi connectivity index (χ0v) is 12.2. The highest BCUT2D eigenvalue weighted by atomic mass is 16.5. The van der Waals surface area contributed by atoms with Gasteiger partial charge >= 0.3 is 0 Å². The van der Waals surface area contributed by atoms with Gasteiger partial charge in [-0.2, -0.15) is 0 Å². The van der Waals surface area contributed by atoms with E-state index in [2.05, 4.69) is 16.7 Å². The fraction of sp³-hybridized carbons (Fsp3) is 0.500. The van der Waals surface area contributed by atoms with Crippen molar-refractivity contribution in [3.8, 4) is 5.75 Å². The van der Waals surface area contributed by atoms with Gasteiger partial charge in [-0.05, 0) is 42.4 Å². The van der Waals surface area contributed by atoms with Gasteiger partial charge in [-0.25, -0.2) is 0 Å². The van der Waals surface area contributed by atoms with Gasteiger partial charge in [0, 0.05) is 13.0 Å². The van der Waals surface area contributed by atoms with Gasteiger partial charge in [0.2, 0.25) is 5.91 Å². The van der Waals surface area contributed by atoms with E-state index in [-0.39, 0.29) is 18.4 Å². The van der Waals surface area contributed by atoms with Crippen LogP contribution in [0.25, 0.3) is 0 Å². The molecule has 112 valence electrons. The van der Waals surface area contributed by atoms with Crippen LogP contribution in [0.5, 0.6) is 5.75 Å². The number of hydrogen-bond acceptors (Lipinski definition) is 3. The maximum Gasteiger partial charge on any atom is 0.262 e. The number of carbonyl (C=O) groups is 2. The molecule has 5 heteroatoms. The zero-order valence-electron chi connectivity index (χ0n) is 12.2. The topological polar surface area (TPSA) is 67.4 Å². The summed E-state index contributed by atoms with van der Waals surface area (Å²) in [5, 5.41) is 5.87. The summed E-state index contributed by atoms with van der Waals surface area (Å²) in [5.74, 6) is 1.12. The smallest absolute Gasteiger partial charge is 0.262 e. The molecule has 1 atom stereocenters. The number of rotatable bonds is 4. The van der Waals surface area contributed by atoms with E-state index >= 15 is 0 Å². The van der Waals surface area contributed by atoms with E-state index in [0.717, 1.165) is 30.7 Å². The highest BCUT2D eigenvalue weighted by Crippen LogP contribution is 2.45. The number of fused-ring (bicyclic) bond motifs is 3. The zero-order chi connectivity index (χ0) is 14.8. The van der Waals surface area contributed by atoms with Gasteiger partial charge in [0.05, 0.1) is 5.69 Å². The van der Waals surface area contributed by atoms with Crippen LogP contribution in [0.1, 0.15) is 43.2 Å². The van der Waals surface area contributed by atoms with Crippen LogP contribution < -0.4 is 15.4 Å². The maximum atomic E-state index is 11.6. The van der Waals surface area contributed by atoms with E-state index in [0.29, 0.717) is 18.9 Å².